The quantitative estimate of drug-likeness (QED) is 0.896. The normalized spacial score (nSPS) is 26.6. The first-order valence-electron chi connectivity index (χ1n) is 7.76. The van der Waals surface area contributed by atoms with E-state index < -0.39 is 11.4 Å². The Balaban J connectivity index is 1.40. The predicted octanol–water partition coefficient (Wildman–Crippen LogP) is 1.79. The number of imidazole rings is 1. The van der Waals surface area contributed by atoms with E-state index in [1.165, 1.54) is 0 Å². The van der Waals surface area contributed by atoms with E-state index in [0.717, 1.165) is 23.5 Å². The fourth-order valence-corrected chi connectivity index (χ4v) is 4.65. The van der Waals surface area contributed by atoms with Crippen molar-refractivity contribution >= 4 is 28.3 Å². The Morgan fingerprint density at radius 1 is 1.52 bits per heavy atom. The van der Waals surface area contributed by atoms with Crippen LogP contribution in [0.4, 0.5) is 4.79 Å². The Labute approximate surface area is 136 Å². The summed E-state index contributed by atoms with van der Waals surface area (Å²) in [7, 11) is 0. The minimum atomic E-state index is -0.760. The minimum absolute atomic E-state index is 0.0868. The highest BCUT2D eigenvalue weighted by molar-refractivity contribution is 7.15. The Morgan fingerprint density at radius 3 is 3.13 bits per heavy atom. The van der Waals surface area contributed by atoms with Crippen molar-refractivity contribution in [3.05, 3.63) is 23.5 Å². The first-order valence-corrected chi connectivity index (χ1v) is 8.64. The van der Waals surface area contributed by atoms with Gasteiger partial charge in [0.15, 0.2) is 4.96 Å². The number of carbonyl (C=O) groups is 2. The second-order valence-electron chi connectivity index (χ2n) is 6.41. The maximum absolute atomic E-state index is 12.4. The lowest BCUT2D eigenvalue weighted by Crippen LogP contribution is -2.41. The van der Waals surface area contributed by atoms with Crippen LogP contribution in [0.15, 0.2) is 17.8 Å². The summed E-state index contributed by atoms with van der Waals surface area (Å²) >= 11 is 1.55. The summed E-state index contributed by atoms with van der Waals surface area (Å²) in [5.41, 5.74) is 0.0755. The molecule has 0 bridgehead atoms. The third kappa shape index (κ3) is 2.28. The number of urea groups is 1. The van der Waals surface area contributed by atoms with Crippen molar-refractivity contribution in [2.24, 2.45) is 11.3 Å². The van der Waals surface area contributed by atoms with Crippen LogP contribution in [0.3, 0.4) is 0 Å². The molecule has 0 radical (unpaired) electrons. The zero-order chi connectivity index (χ0) is 16.0. The van der Waals surface area contributed by atoms with E-state index in [0.29, 0.717) is 26.1 Å². The molecule has 122 valence electrons. The average Bonchev–Trinajstić information content (AvgIpc) is 3.22. The summed E-state index contributed by atoms with van der Waals surface area (Å²) in [6.45, 7) is 1.21. The Morgan fingerprint density at radius 2 is 2.39 bits per heavy atom. The smallest absolute Gasteiger partial charge is 0.317 e. The SMILES string of the molecule is O=C(NCc1cn2ccsc2n1)N1C[C@@H]2CCC[C@@]2(C(=O)O)C1. The molecule has 1 saturated carbocycles. The number of hydrogen-bond acceptors (Lipinski definition) is 4. The van der Waals surface area contributed by atoms with Gasteiger partial charge in [0.2, 0.25) is 0 Å². The summed E-state index contributed by atoms with van der Waals surface area (Å²) in [6.07, 6.45) is 6.33. The van der Waals surface area contributed by atoms with Gasteiger partial charge >= 0.3 is 12.0 Å². The molecule has 2 amide bonds. The largest absolute Gasteiger partial charge is 0.481 e. The molecule has 3 heterocycles. The van der Waals surface area contributed by atoms with Gasteiger partial charge in [0.05, 0.1) is 17.7 Å². The fraction of sp³-hybridized carbons (Fsp3) is 0.533. The summed E-state index contributed by atoms with van der Waals surface area (Å²) < 4.78 is 1.92. The van der Waals surface area contributed by atoms with Gasteiger partial charge in [0.1, 0.15) is 0 Å². The number of nitrogens with zero attached hydrogens (tertiary/aromatic N) is 3. The van der Waals surface area contributed by atoms with Crippen molar-refractivity contribution in [2.75, 3.05) is 13.1 Å². The number of amides is 2. The molecule has 0 aromatic carbocycles. The number of aliphatic carboxylic acids is 1. The van der Waals surface area contributed by atoms with Crippen molar-refractivity contribution in [1.29, 1.82) is 0 Å². The summed E-state index contributed by atoms with van der Waals surface area (Å²) in [5, 5.41) is 14.4. The van der Waals surface area contributed by atoms with Crippen LogP contribution in [-0.2, 0) is 11.3 Å². The van der Waals surface area contributed by atoms with Crippen molar-refractivity contribution in [1.82, 2.24) is 19.6 Å². The number of carboxylic acids is 1. The highest BCUT2D eigenvalue weighted by Gasteiger charge is 2.55. The van der Waals surface area contributed by atoms with Gasteiger partial charge in [-0.1, -0.05) is 6.42 Å². The van der Waals surface area contributed by atoms with Crippen LogP contribution in [0.2, 0.25) is 0 Å². The molecule has 2 aromatic heterocycles. The lowest BCUT2D eigenvalue weighted by Gasteiger charge is -2.23. The van der Waals surface area contributed by atoms with Crippen molar-refractivity contribution in [3.63, 3.8) is 0 Å². The molecule has 0 unspecified atom stereocenters. The highest BCUT2D eigenvalue weighted by atomic mass is 32.1. The Kier molecular flexibility index (Phi) is 3.29. The van der Waals surface area contributed by atoms with Crippen LogP contribution in [0.5, 0.6) is 0 Å². The fourth-order valence-electron chi connectivity index (χ4n) is 3.93. The lowest BCUT2D eigenvalue weighted by molar-refractivity contribution is -0.149. The molecule has 2 aliphatic rings. The minimum Gasteiger partial charge on any atom is -0.481 e. The second-order valence-corrected chi connectivity index (χ2v) is 7.29. The molecule has 4 rings (SSSR count). The monoisotopic (exact) mass is 334 g/mol. The average molecular weight is 334 g/mol. The summed E-state index contributed by atoms with van der Waals surface area (Å²) in [6, 6.07) is -0.198. The number of fused-ring (bicyclic) bond motifs is 2. The molecule has 1 aliphatic carbocycles. The molecule has 0 spiro atoms. The predicted molar refractivity (Wildman–Crippen MR) is 84.3 cm³/mol. The van der Waals surface area contributed by atoms with E-state index in [4.69, 9.17) is 0 Å². The topological polar surface area (TPSA) is 86.9 Å². The van der Waals surface area contributed by atoms with Gasteiger partial charge in [0.25, 0.3) is 0 Å². The van der Waals surface area contributed by atoms with Crippen LogP contribution in [0.25, 0.3) is 4.96 Å². The Bertz CT molecular complexity index is 741. The lowest BCUT2D eigenvalue weighted by atomic mass is 9.81. The molecule has 2 fully saturated rings. The first-order chi connectivity index (χ1) is 11.1. The number of carbonyl (C=O) groups excluding carboxylic acids is 1. The molecule has 1 saturated heterocycles. The van der Waals surface area contributed by atoms with Gasteiger partial charge in [-0.2, -0.15) is 0 Å². The number of aromatic nitrogens is 2. The molecule has 7 nitrogen and oxygen atoms in total. The van der Waals surface area contributed by atoms with E-state index in [1.54, 1.807) is 16.2 Å². The molecular formula is C15H18N4O3S. The van der Waals surface area contributed by atoms with Gasteiger partial charge in [-0.3, -0.25) is 9.20 Å². The zero-order valence-electron chi connectivity index (χ0n) is 12.6. The van der Waals surface area contributed by atoms with E-state index in [9.17, 15) is 14.7 Å². The number of nitrogens with one attached hydrogen (secondary N) is 1. The molecule has 2 atom stereocenters. The van der Waals surface area contributed by atoms with Crippen molar-refractivity contribution < 1.29 is 14.7 Å². The van der Waals surface area contributed by atoms with Gasteiger partial charge in [0, 0.05) is 30.9 Å². The van der Waals surface area contributed by atoms with Crippen LogP contribution in [-0.4, -0.2) is 44.5 Å². The number of thiazole rings is 1. The Hall–Kier alpha value is -2.09. The van der Waals surface area contributed by atoms with Crippen LogP contribution >= 0.6 is 11.3 Å². The number of hydrogen-bond donors (Lipinski definition) is 2. The zero-order valence-corrected chi connectivity index (χ0v) is 13.4. The molecule has 2 aromatic rings. The number of carboxylic acid groups (broad SMARTS) is 1. The molecule has 23 heavy (non-hydrogen) atoms. The highest BCUT2D eigenvalue weighted by Crippen LogP contribution is 2.48. The third-order valence-electron chi connectivity index (χ3n) is 5.15. The summed E-state index contributed by atoms with van der Waals surface area (Å²) in [4.78, 5) is 31.0. The third-order valence-corrected chi connectivity index (χ3v) is 5.92. The number of rotatable bonds is 3. The van der Waals surface area contributed by atoms with Gasteiger partial charge in [-0.15, -0.1) is 11.3 Å². The molecule has 1 aliphatic heterocycles. The second kappa shape index (κ2) is 5.23. The maximum Gasteiger partial charge on any atom is 0.317 e. The van der Waals surface area contributed by atoms with E-state index in [1.807, 2.05) is 22.2 Å². The van der Waals surface area contributed by atoms with Crippen LogP contribution in [0.1, 0.15) is 25.0 Å². The van der Waals surface area contributed by atoms with Gasteiger partial charge in [-0.05, 0) is 18.8 Å². The van der Waals surface area contributed by atoms with Crippen LogP contribution < -0.4 is 5.32 Å². The number of likely N-dealkylation sites (tertiary alicyclic amines) is 1. The maximum atomic E-state index is 12.4. The first kappa shape index (κ1) is 14.5. The van der Waals surface area contributed by atoms with E-state index in [2.05, 4.69) is 10.3 Å². The van der Waals surface area contributed by atoms with Crippen LogP contribution in [0, 0.1) is 11.3 Å². The molecule has 2 N–H and O–H groups in total. The van der Waals surface area contributed by atoms with Gasteiger partial charge < -0.3 is 15.3 Å². The van der Waals surface area contributed by atoms with E-state index in [-0.39, 0.29) is 11.9 Å². The van der Waals surface area contributed by atoms with Crippen molar-refractivity contribution in [2.45, 2.75) is 25.8 Å². The van der Waals surface area contributed by atoms with Gasteiger partial charge in [-0.25, -0.2) is 9.78 Å². The standard InChI is InChI=1S/C15H18N4O3S/c20-12(21)15-3-1-2-10(15)7-19(9-15)13(22)16-6-11-8-18-4-5-23-14(18)17-11/h4-5,8,10H,1-3,6-7,9H2,(H,16,22)(H,20,21)/t10-,15+/m0/s1. The molecule has 8 heteroatoms. The van der Waals surface area contributed by atoms with E-state index >= 15 is 0 Å². The molecular weight excluding hydrogens is 316 g/mol. The summed E-state index contributed by atoms with van der Waals surface area (Å²) in [5.74, 6) is -0.673. The van der Waals surface area contributed by atoms with Crippen molar-refractivity contribution in [3.8, 4) is 0 Å².